The van der Waals surface area contributed by atoms with Crippen molar-refractivity contribution < 1.29 is 19.6 Å². The summed E-state index contributed by atoms with van der Waals surface area (Å²) in [5, 5.41) is 24.4. The Bertz CT molecular complexity index is 1300. The molecule has 0 spiro atoms. The summed E-state index contributed by atoms with van der Waals surface area (Å²) in [5.41, 5.74) is 2.25. The Balaban J connectivity index is 1.40. The van der Waals surface area contributed by atoms with Gasteiger partial charge in [0.15, 0.2) is 0 Å². The number of pyridine rings is 1. The molecule has 37 heavy (non-hydrogen) atoms. The van der Waals surface area contributed by atoms with E-state index < -0.39 is 22.9 Å². The quantitative estimate of drug-likeness (QED) is 0.303. The molecule has 11 heteroatoms. The lowest BCUT2D eigenvalue weighted by atomic mass is 9.96. The molecule has 1 aliphatic heterocycles. The highest BCUT2D eigenvalue weighted by atomic mass is 35.5. The van der Waals surface area contributed by atoms with E-state index in [0.717, 1.165) is 16.7 Å². The number of nitro groups is 1. The van der Waals surface area contributed by atoms with E-state index in [4.69, 9.17) is 23.2 Å². The van der Waals surface area contributed by atoms with Gasteiger partial charge in [0.25, 0.3) is 5.69 Å². The van der Waals surface area contributed by atoms with Crippen molar-refractivity contribution in [3.05, 3.63) is 86.5 Å². The first kappa shape index (κ1) is 26.4. The van der Waals surface area contributed by atoms with E-state index in [0.29, 0.717) is 41.8 Å². The van der Waals surface area contributed by atoms with E-state index >= 15 is 0 Å². The number of hydrogen-bond donors (Lipinski definition) is 2. The summed E-state index contributed by atoms with van der Waals surface area (Å²) in [6.45, 7) is 0.998. The van der Waals surface area contributed by atoms with Crippen LogP contribution in [0.25, 0.3) is 11.1 Å². The van der Waals surface area contributed by atoms with Crippen LogP contribution in [0.1, 0.15) is 18.4 Å². The number of carbonyl (C=O) groups excluding carboxylic acids is 1. The van der Waals surface area contributed by atoms with E-state index in [-0.39, 0.29) is 18.0 Å². The molecular formula is C26H24Cl2N4O5. The molecule has 1 aromatic heterocycles. The molecule has 9 nitrogen and oxygen atoms in total. The summed E-state index contributed by atoms with van der Waals surface area (Å²) < 4.78 is 0. The number of carboxylic acids is 1. The fourth-order valence-corrected chi connectivity index (χ4v) is 4.74. The van der Waals surface area contributed by atoms with Crippen molar-refractivity contribution in [2.24, 2.45) is 5.92 Å². The number of anilines is 1. The zero-order chi connectivity index (χ0) is 26.5. The van der Waals surface area contributed by atoms with Gasteiger partial charge in [0.05, 0.1) is 10.8 Å². The number of nitrogens with zero attached hydrogens (tertiary/aromatic N) is 3. The van der Waals surface area contributed by atoms with Gasteiger partial charge in [-0.1, -0.05) is 47.5 Å². The Morgan fingerprint density at radius 2 is 1.92 bits per heavy atom. The third-order valence-electron chi connectivity index (χ3n) is 6.31. The van der Waals surface area contributed by atoms with Gasteiger partial charge in [-0.2, -0.15) is 0 Å². The molecule has 2 atom stereocenters. The van der Waals surface area contributed by atoms with Gasteiger partial charge in [0, 0.05) is 41.2 Å². The largest absolute Gasteiger partial charge is 0.480 e. The SMILES string of the molecule is O=C(N[C@@H](Cc1ccc(-c2cc(Cl)ccc2Cl)cc1)C(=O)O)C1CCCN(c2ccc([N+](=O)[O-])cn2)C1. The Hall–Kier alpha value is -3.69. The van der Waals surface area contributed by atoms with Gasteiger partial charge in [0.1, 0.15) is 18.1 Å². The maximum Gasteiger partial charge on any atom is 0.326 e. The van der Waals surface area contributed by atoms with Gasteiger partial charge < -0.3 is 15.3 Å². The second-order valence-corrected chi connectivity index (χ2v) is 9.69. The highest BCUT2D eigenvalue weighted by molar-refractivity contribution is 6.35. The molecule has 3 aromatic rings. The molecular weight excluding hydrogens is 519 g/mol. The van der Waals surface area contributed by atoms with Crippen LogP contribution in [-0.2, 0) is 16.0 Å². The molecule has 1 amide bonds. The van der Waals surface area contributed by atoms with E-state index in [1.807, 2.05) is 17.0 Å². The lowest BCUT2D eigenvalue weighted by Crippen LogP contribution is -2.49. The van der Waals surface area contributed by atoms with Crippen molar-refractivity contribution in [1.82, 2.24) is 10.3 Å². The Labute approximate surface area is 223 Å². The maximum atomic E-state index is 13.0. The highest BCUT2D eigenvalue weighted by Crippen LogP contribution is 2.31. The van der Waals surface area contributed by atoms with E-state index in [2.05, 4.69) is 10.3 Å². The number of rotatable bonds is 8. The van der Waals surface area contributed by atoms with E-state index in [1.165, 1.54) is 12.3 Å². The minimum Gasteiger partial charge on any atom is -0.480 e. The summed E-state index contributed by atoms with van der Waals surface area (Å²) in [4.78, 5) is 41.3. The van der Waals surface area contributed by atoms with Crippen LogP contribution in [0.15, 0.2) is 60.8 Å². The number of aliphatic carboxylic acids is 1. The molecule has 1 saturated heterocycles. The molecule has 0 bridgehead atoms. The van der Waals surface area contributed by atoms with Crippen molar-refractivity contribution in [2.75, 3.05) is 18.0 Å². The van der Waals surface area contributed by atoms with E-state index in [9.17, 15) is 24.8 Å². The summed E-state index contributed by atoms with van der Waals surface area (Å²) in [5.74, 6) is -1.36. The number of carboxylic acid groups (broad SMARTS) is 1. The molecule has 1 aliphatic rings. The first-order chi connectivity index (χ1) is 17.7. The van der Waals surface area contributed by atoms with Crippen LogP contribution in [0.4, 0.5) is 11.5 Å². The first-order valence-corrected chi connectivity index (χ1v) is 12.4. The second kappa shape index (κ2) is 11.6. The summed E-state index contributed by atoms with van der Waals surface area (Å²) in [6.07, 6.45) is 2.62. The fourth-order valence-electron chi connectivity index (χ4n) is 4.34. The number of piperidine rings is 1. The van der Waals surface area contributed by atoms with Crippen LogP contribution in [0.2, 0.25) is 10.0 Å². The third-order valence-corrected chi connectivity index (χ3v) is 6.87. The monoisotopic (exact) mass is 542 g/mol. The molecule has 4 rings (SSSR count). The molecule has 2 aromatic carbocycles. The number of nitrogens with one attached hydrogen (secondary N) is 1. The predicted molar refractivity (Wildman–Crippen MR) is 141 cm³/mol. The molecule has 0 aliphatic carbocycles. The maximum absolute atomic E-state index is 13.0. The standard InChI is InChI=1S/C26H24Cl2N4O5/c27-19-7-9-22(28)21(13-19)17-5-3-16(4-6-17)12-23(26(34)35)30-25(33)18-2-1-11-31(15-18)24-10-8-20(14-29-24)32(36)37/h3-10,13-14,18,23H,1-2,11-12,15H2,(H,30,33)(H,34,35)/t18?,23-/m0/s1. The van der Waals surface area contributed by atoms with Gasteiger partial charge in [0.2, 0.25) is 5.91 Å². The molecule has 1 fully saturated rings. The van der Waals surface area contributed by atoms with Gasteiger partial charge in [-0.15, -0.1) is 0 Å². The van der Waals surface area contributed by atoms with Crippen LogP contribution in [0.3, 0.4) is 0 Å². The third kappa shape index (κ3) is 6.55. The van der Waals surface area contributed by atoms with Gasteiger partial charge >= 0.3 is 5.97 Å². The minimum atomic E-state index is -1.12. The Morgan fingerprint density at radius 1 is 1.16 bits per heavy atom. The summed E-state index contributed by atoms with van der Waals surface area (Å²) >= 11 is 12.4. The van der Waals surface area contributed by atoms with Crippen LogP contribution < -0.4 is 10.2 Å². The van der Waals surface area contributed by atoms with Crippen LogP contribution in [0, 0.1) is 16.0 Å². The van der Waals surface area contributed by atoms with Gasteiger partial charge in [-0.3, -0.25) is 14.9 Å². The van der Waals surface area contributed by atoms with Crippen molar-refractivity contribution >= 4 is 46.6 Å². The topological polar surface area (TPSA) is 126 Å². The number of benzene rings is 2. The minimum absolute atomic E-state index is 0.108. The van der Waals surface area contributed by atoms with Crippen molar-refractivity contribution in [1.29, 1.82) is 0 Å². The highest BCUT2D eigenvalue weighted by Gasteiger charge is 2.30. The molecule has 2 N–H and O–H groups in total. The summed E-state index contributed by atoms with van der Waals surface area (Å²) in [7, 11) is 0. The number of aromatic nitrogens is 1. The predicted octanol–water partition coefficient (Wildman–Crippen LogP) is 4.99. The zero-order valence-corrected chi connectivity index (χ0v) is 21.2. The Morgan fingerprint density at radius 3 is 2.57 bits per heavy atom. The van der Waals surface area contributed by atoms with Crippen molar-refractivity contribution in [2.45, 2.75) is 25.3 Å². The second-order valence-electron chi connectivity index (χ2n) is 8.84. The van der Waals surface area contributed by atoms with Crippen LogP contribution in [-0.4, -0.2) is 46.0 Å². The first-order valence-electron chi connectivity index (χ1n) is 11.6. The fraction of sp³-hybridized carbons (Fsp3) is 0.269. The average molecular weight is 543 g/mol. The number of amides is 1. The molecule has 1 unspecified atom stereocenters. The summed E-state index contributed by atoms with van der Waals surface area (Å²) in [6, 6.07) is 14.3. The molecule has 2 heterocycles. The lowest BCUT2D eigenvalue weighted by Gasteiger charge is -2.33. The number of hydrogen-bond acceptors (Lipinski definition) is 6. The average Bonchev–Trinajstić information content (AvgIpc) is 2.90. The number of halogens is 2. The van der Waals surface area contributed by atoms with Gasteiger partial charge in [-0.05, 0) is 48.2 Å². The normalized spacial score (nSPS) is 16.2. The Kier molecular flexibility index (Phi) is 8.25. The van der Waals surface area contributed by atoms with Crippen LogP contribution in [0.5, 0.6) is 0 Å². The molecule has 192 valence electrons. The van der Waals surface area contributed by atoms with Crippen molar-refractivity contribution in [3.8, 4) is 11.1 Å². The molecule has 0 radical (unpaired) electrons. The smallest absolute Gasteiger partial charge is 0.326 e. The van der Waals surface area contributed by atoms with Crippen molar-refractivity contribution in [3.63, 3.8) is 0 Å². The lowest BCUT2D eigenvalue weighted by molar-refractivity contribution is -0.385. The van der Waals surface area contributed by atoms with Crippen LogP contribution >= 0.6 is 23.2 Å². The molecule has 0 saturated carbocycles. The number of carbonyl (C=O) groups is 2. The zero-order valence-electron chi connectivity index (χ0n) is 19.6. The van der Waals surface area contributed by atoms with E-state index in [1.54, 1.807) is 36.4 Å². The van der Waals surface area contributed by atoms with Gasteiger partial charge in [-0.25, -0.2) is 9.78 Å².